The number of rotatable bonds is 4. The van der Waals surface area contributed by atoms with Crippen LogP contribution in [0.2, 0.25) is 0 Å². The molecule has 2 aromatic rings. The number of amides is 1. The van der Waals surface area contributed by atoms with Gasteiger partial charge in [0.25, 0.3) is 0 Å². The Balaban J connectivity index is 1.82. The van der Waals surface area contributed by atoms with Gasteiger partial charge in [-0.05, 0) is 49.9 Å². The van der Waals surface area contributed by atoms with Crippen LogP contribution in [-0.2, 0) is 14.8 Å². The molecule has 1 fully saturated rings. The summed E-state index contributed by atoms with van der Waals surface area (Å²) in [7, 11) is -3.50. The van der Waals surface area contributed by atoms with Crippen molar-refractivity contribution in [1.29, 1.82) is 0 Å². The predicted molar refractivity (Wildman–Crippen MR) is 107 cm³/mol. The van der Waals surface area contributed by atoms with Crippen molar-refractivity contribution in [3.63, 3.8) is 0 Å². The van der Waals surface area contributed by atoms with Gasteiger partial charge in [-0.25, -0.2) is 8.42 Å². The minimum Gasteiger partial charge on any atom is -0.309 e. The fourth-order valence-electron chi connectivity index (χ4n) is 4.04. The van der Waals surface area contributed by atoms with E-state index < -0.39 is 10.0 Å². The highest BCUT2D eigenvalue weighted by molar-refractivity contribution is 7.92. The summed E-state index contributed by atoms with van der Waals surface area (Å²) in [6.07, 6.45) is 3.71. The molecule has 0 bridgehead atoms. The fourth-order valence-corrected chi connectivity index (χ4v) is 5.21. The van der Waals surface area contributed by atoms with Crippen molar-refractivity contribution in [3.8, 4) is 0 Å². The molecular formula is C21H24N2O3S. The van der Waals surface area contributed by atoms with Gasteiger partial charge < -0.3 is 4.90 Å². The molecule has 6 heteroatoms. The fraction of sp³-hybridized carbons (Fsp3) is 0.381. The smallest absolute Gasteiger partial charge is 0.232 e. The first-order chi connectivity index (χ1) is 12.9. The van der Waals surface area contributed by atoms with Crippen molar-refractivity contribution >= 4 is 27.3 Å². The van der Waals surface area contributed by atoms with Crippen LogP contribution in [0.3, 0.4) is 0 Å². The molecule has 0 aromatic heterocycles. The van der Waals surface area contributed by atoms with E-state index in [4.69, 9.17) is 0 Å². The largest absolute Gasteiger partial charge is 0.309 e. The molecule has 1 aliphatic carbocycles. The third-order valence-electron chi connectivity index (χ3n) is 5.38. The zero-order valence-corrected chi connectivity index (χ0v) is 16.4. The zero-order chi connectivity index (χ0) is 19.2. The maximum atomic E-state index is 12.9. The Kier molecular flexibility index (Phi) is 4.46. The molecule has 0 radical (unpaired) electrons. The Labute approximate surface area is 160 Å². The summed E-state index contributed by atoms with van der Waals surface area (Å²) in [6.45, 7) is 2.01. The molecule has 1 heterocycles. The average molecular weight is 385 g/mol. The lowest BCUT2D eigenvalue weighted by atomic mass is 9.91. The average Bonchev–Trinajstić information content (AvgIpc) is 3.46. The second-order valence-electron chi connectivity index (χ2n) is 7.54. The van der Waals surface area contributed by atoms with Crippen LogP contribution in [0.5, 0.6) is 0 Å². The summed E-state index contributed by atoms with van der Waals surface area (Å²) >= 11 is 0. The van der Waals surface area contributed by atoms with Gasteiger partial charge >= 0.3 is 0 Å². The van der Waals surface area contributed by atoms with Gasteiger partial charge in [0, 0.05) is 17.6 Å². The van der Waals surface area contributed by atoms with Gasteiger partial charge in [0.05, 0.1) is 18.0 Å². The van der Waals surface area contributed by atoms with Crippen molar-refractivity contribution in [3.05, 3.63) is 60.2 Å². The molecular weight excluding hydrogens is 360 g/mol. The van der Waals surface area contributed by atoms with E-state index in [1.807, 2.05) is 66.4 Å². The van der Waals surface area contributed by atoms with Crippen molar-refractivity contribution < 1.29 is 13.2 Å². The molecule has 2 aromatic carbocycles. The van der Waals surface area contributed by atoms with Crippen LogP contribution in [0.1, 0.15) is 37.8 Å². The molecule has 1 amide bonds. The van der Waals surface area contributed by atoms with E-state index in [0.29, 0.717) is 12.1 Å². The highest BCUT2D eigenvalue weighted by atomic mass is 32.2. The van der Waals surface area contributed by atoms with Crippen LogP contribution in [0.25, 0.3) is 0 Å². The van der Waals surface area contributed by atoms with Gasteiger partial charge in [-0.1, -0.05) is 36.4 Å². The van der Waals surface area contributed by atoms with Gasteiger partial charge in [0.1, 0.15) is 0 Å². The number of hydrogen-bond donors (Lipinski definition) is 0. The number of nitrogens with zero attached hydrogens (tertiary/aromatic N) is 2. The van der Waals surface area contributed by atoms with Crippen molar-refractivity contribution in [1.82, 2.24) is 0 Å². The first-order valence-corrected chi connectivity index (χ1v) is 11.2. The van der Waals surface area contributed by atoms with Gasteiger partial charge in [0.15, 0.2) is 0 Å². The summed E-state index contributed by atoms with van der Waals surface area (Å²) in [5.74, 6) is 0.288. The minimum atomic E-state index is -3.50. The maximum Gasteiger partial charge on any atom is 0.232 e. The second kappa shape index (κ2) is 6.68. The van der Waals surface area contributed by atoms with Crippen LogP contribution in [0.15, 0.2) is 54.6 Å². The molecule has 0 spiro atoms. The topological polar surface area (TPSA) is 57.7 Å². The normalized spacial score (nSPS) is 22.2. The first-order valence-electron chi connectivity index (χ1n) is 9.34. The van der Waals surface area contributed by atoms with Gasteiger partial charge in [-0.3, -0.25) is 9.10 Å². The van der Waals surface area contributed by atoms with Gasteiger partial charge in [0.2, 0.25) is 15.9 Å². The number of anilines is 2. The molecule has 0 N–H and O–H groups in total. The van der Waals surface area contributed by atoms with Crippen LogP contribution < -0.4 is 9.21 Å². The highest BCUT2D eigenvalue weighted by Crippen LogP contribution is 2.45. The van der Waals surface area contributed by atoms with Crippen LogP contribution >= 0.6 is 0 Å². The quantitative estimate of drug-likeness (QED) is 0.807. The third kappa shape index (κ3) is 3.34. The lowest BCUT2D eigenvalue weighted by molar-refractivity contribution is -0.120. The summed E-state index contributed by atoms with van der Waals surface area (Å²) in [5, 5.41) is 0. The minimum absolute atomic E-state index is 0.0639. The Hall–Kier alpha value is -2.34. The molecule has 142 valence electrons. The number of sulfonamides is 1. The first kappa shape index (κ1) is 18.0. The molecule has 2 aliphatic rings. The van der Waals surface area contributed by atoms with Crippen LogP contribution in [-0.4, -0.2) is 26.6 Å². The third-order valence-corrected chi connectivity index (χ3v) is 6.56. The van der Waals surface area contributed by atoms with Gasteiger partial charge in [-0.15, -0.1) is 0 Å². The van der Waals surface area contributed by atoms with E-state index >= 15 is 0 Å². The standard InChI is InChI=1S/C21H24N2O3S/c1-15-14-20(23(27(2,25)26)17-8-4-3-5-9-17)18-10-6-7-11-19(18)22(15)21(24)16-12-13-16/h3-11,15-16,20H,12-14H2,1-2H3/t15-,20-/m1/s1. The Morgan fingerprint density at radius 3 is 2.30 bits per heavy atom. The highest BCUT2D eigenvalue weighted by Gasteiger charge is 2.42. The Bertz CT molecular complexity index is 954. The van der Waals surface area contributed by atoms with Gasteiger partial charge in [-0.2, -0.15) is 0 Å². The Morgan fingerprint density at radius 2 is 1.67 bits per heavy atom. The van der Waals surface area contributed by atoms with E-state index in [-0.39, 0.29) is 23.9 Å². The summed E-state index contributed by atoms with van der Waals surface area (Å²) in [4.78, 5) is 14.8. The maximum absolute atomic E-state index is 12.9. The van der Waals surface area contributed by atoms with Crippen LogP contribution in [0, 0.1) is 5.92 Å². The van der Waals surface area contributed by atoms with E-state index in [1.165, 1.54) is 10.6 Å². The van der Waals surface area contributed by atoms with E-state index in [9.17, 15) is 13.2 Å². The van der Waals surface area contributed by atoms with Crippen LogP contribution in [0.4, 0.5) is 11.4 Å². The summed E-state index contributed by atoms with van der Waals surface area (Å²) in [5.41, 5.74) is 2.37. The van der Waals surface area contributed by atoms with Crippen molar-refractivity contribution in [2.45, 2.75) is 38.3 Å². The number of para-hydroxylation sites is 2. The van der Waals surface area contributed by atoms with E-state index in [0.717, 1.165) is 24.1 Å². The molecule has 2 atom stereocenters. The zero-order valence-electron chi connectivity index (χ0n) is 15.6. The number of hydrogen-bond acceptors (Lipinski definition) is 3. The molecule has 1 aliphatic heterocycles. The molecule has 1 saturated carbocycles. The van der Waals surface area contributed by atoms with E-state index in [2.05, 4.69) is 0 Å². The lowest BCUT2D eigenvalue weighted by Crippen LogP contribution is -2.48. The molecule has 27 heavy (non-hydrogen) atoms. The predicted octanol–water partition coefficient (Wildman–Crippen LogP) is 3.73. The van der Waals surface area contributed by atoms with E-state index in [1.54, 1.807) is 0 Å². The van der Waals surface area contributed by atoms with Crippen molar-refractivity contribution in [2.75, 3.05) is 15.5 Å². The Morgan fingerprint density at radius 1 is 1.04 bits per heavy atom. The number of carbonyl (C=O) groups is 1. The second-order valence-corrected chi connectivity index (χ2v) is 9.40. The van der Waals surface area contributed by atoms with Crippen molar-refractivity contribution in [2.24, 2.45) is 5.92 Å². The lowest BCUT2D eigenvalue weighted by Gasteiger charge is -2.43. The number of carbonyl (C=O) groups excluding carboxylic acids is 1. The molecule has 0 saturated heterocycles. The molecule has 4 rings (SSSR count). The number of benzene rings is 2. The number of fused-ring (bicyclic) bond motifs is 1. The summed E-state index contributed by atoms with van der Waals surface area (Å²) in [6, 6.07) is 16.5. The molecule has 5 nitrogen and oxygen atoms in total. The SMILES string of the molecule is C[C@@H]1C[C@@H](N(c2ccccc2)S(C)(=O)=O)c2ccccc2N1C(=O)C1CC1. The monoisotopic (exact) mass is 384 g/mol. The summed E-state index contributed by atoms with van der Waals surface area (Å²) < 4.78 is 27.0. The molecule has 0 unspecified atom stereocenters.